The first kappa shape index (κ1) is 26.9. The van der Waals surface area contributed by atoms with Gasteiger partial charge in [-0.25, -0.2) is 9.37 Å². The van der Waals surface area contributed by atoms with Gasteiger partial charge in [-0.05, 0) is 85.2 Å². The number of hydrogen-bond acceptors (Lipinski definition) is 6. The third-order valence-corrected chi connectivity index (χ3v) is 7.19. The van der Waals surface area contributed by atoms with Crippen molar-refractivity contribution in [2.45, 2.75) is 38.5 Å². The average molecular weight is 518 g/mol. The Morgan fingerprint density at radius 1 is 1.24 bits per heavy atom. The third kappa shape index (κ3) is 5.72. The highest BCUT2D eigenvalue weighted by molar-refractivity contribution is 5.72. The summed E-state index contributed by atoms with van der Waals surface area (Å²) in [6, 6.07) is 16.3. The first-order chi connectivity index (χ1) is 18.4. The molecule has 1 N–H and O–H groups in total. The maximum Gasteiger partial charge on any atom is 0.307 e. The van der Waals surface area contributed by atoms with Crippen LogP contribution in [0.3, 0.4) is 0 Å². The molecular weight excluding hydrogens is 485 g/mol. The van der Waals surface area contributed by atoms with Gasteiger partial charge in [0.25, 0.3) is 0 Å². The van der Waals surface area contributed by atoms with Crippen LogP contribution < -0.4 is 14.4 Å². The van der Waals surface area contributed by atoms with Crippen LogP contribution in [0.15, 0.2) is 48.5 Å². The summed E-state index contributed by atoms with van der Waals surface area (Å²) >= 11 is 0. The van der Waals surface area contributed by atoms with Crippen LogP contribution >= 0.6 is 0 Å². The zero-order valence-electron chi connectivity index (χ0n) is 21.9. The number of pyridine rings is 1. The molecule has 4 rings (SSSR count). The number of aryl methyl sites for hydroxylation is 1. The van der Waals surface area contributed by atoms with Crippen LogP contribution in [0.25, 0.3) is 11.3 Å². The highest BCUT2D eigenvalue weighted by Gasteiger charge is 2.33. The number of aliphatic carboxylic acids is 1. The minimum atomic E-state index is -0.737. The Morgan fingerprint density at radius 3 is 2.63 bits per heavy atom. The van der Waals surface area contributed by atoms with Gasteiger partial charge in [0.2, 0.25) is 0 Å². The van der Waals surface area contributed by atoms with Gasteiger partial charge < -0.3 is 19.5 Å². The van der Waals surface area contributed by atoms with Gasteiger partial charge in [-0.2, -0.15) is 5.26 Å². The minimum absolute atomic E-state index is 0.0489. The molecule has 1 aromatic heterocycles. The summed E-state index contributed by atoms with van der Waals surface area (Å²) < 4.78 is 26.0. The predicted molar refractivity (Wildman–Crippen MR) is 143 cm³/mol. The number of ether oxygens (including phenoxy) is 2. The van der Waals surface area contributed by atoms with Crippen molar-refractivity contribution in [2.24, 2.45) is 5.92 Å². The third-order valence-electron chi connectivity index (χ3n) is 7.19. The molecule has 1 aliphatic carbocycles. The molecule has 1 unspecified atom stereocenters. The molecule has 3 aromatic rings. The van der Waals surface area contributed by atoms with E-state index in [-0.39, 0.29) is 23.2 Å². The molecule has 198 valence electrons. The quantitative estimate of drug-likeness (QED) is 0.321. The first-order valence-electron chi connectivity index (χ1n) is 12.8. The fraction of sp³-hybridized carbons (Fsp3) is 0.367. The Morgan fingerprint density at radius 2 is 1.97 bits per heavy atom. The van der Waals surface area contributed by atoms with Crippen LogP contribution in [0.5, 0.6) is 11.5 Å². The van der Waals surface area contributed by atoms with Crippen LogP contribution in [0, 0.1) is 23.1 Å². The molecule has 7 nitrogen and oxygen atoms in total. The van der Waals surface area contributed by atoms with E-state index in [2.05, 4.69) is 4.98 Å². The molecule has 0 aliphatic heterocycles. The molecule has 0 saturated carbocycles. The lowest BCUT2D eigenvalue weighted by atomic mass is 9.85. The maximum absolute atomic E-state index is 14.8. The number of carbonyl (C=O) groups is 1. The number of carboxylic acid groups (broad SMARTS) is 1. The van der Waals surface area contributed by atoms with Crippen LogP contribution in [-0.2, 0) is 11.2 Å². The van der Waals surface area contributed by atoms with E-state index in [0.717, 1.165) is 29.7 Å². The Kier molecular flexibility index (Phi) is 8.47. The fourth-order valence-electron chi connectivity index (χ4n) is 5.16. The number of benzene rings is 2. The van der Waals surface area contributed by atoms with Gasteiger partial charge in [-0.15, -0.1) is 0 Å². The summed E-state index contributed by atoms with van der Waals surface area (Å²) in [5.74, 6) is -0.00314. The molecular formula is C30H32FN3O4. The zero-order valence-corrected chi connectivity index (χ0v) is 21.9. The minimum Gasteiger partial charge on any atom is -0.497 e. The smallest absolute Gasteiger partial charge is 0.307 e. The molecule has 38 heavy (non-hydrogen) atoms. The molecule has 2 atom stereocenters. The van der Waals surface area contributed by atoms with Crippen molar-refractivity contribution in [3.05, 3.63) is 71.0 Å². The number of carboxylic acids is 1. The Bertz CT molecular complexity index is 1340. The lowest BCUT2D eigenvalue weighted by Crippen LogP contribution is -2.23. The normalized spacial score (nSPS) is 14.9. The lowest BCUT2D eigenvalue weighted by Gasteiger charge is -2.20. The monoisotopic (exact) mass is 517 g/mol. The average Bonchev–Trinajstić information content (AvgIpc) is 3.34. The molecule has 1 heterocycles. The van der Waals surface area contributed by atoms with Gasteiger partial charge in [0.15, 0.2) is 11.6 Å². The highest BCUT2D eigenvalue weighted by atomic mass is 19.1. The molecule has 0 radical (unpaired) electrons. The van der Waals surface area contributed by atoms with E-state index in [0.29, 0.717) is 43.0 Å². The van der Waals surface area contributed by atoms with Crippen molar-refractivity contribution in [3.63, 3.8) is 0 Å². The predicted octanol–water partition coefficient (Wildman–Crippen LogP) is 5.81. The summed E-state index contributed by atoms with van der Waals surface area (Å²) in [4.78, 5) is 17.8. The number of fused-ring (bicyclic) bond motifs is 1. The molecule has 0 saturated heterocycles. The Balaban J connectivity index is 1.38. The second kappa shape index (κ2) is 12.0. The topological polar surface area (TPSA) is 95.7 Å². The van der Waals surface area contributed by atoms with E-state index >= 15 is 0 Å². The second-order valence-electron chi connectivity index (χ2n) is 9.51. The Labute approximate surface area is 222 Å². The van der Waals surface area contributed by atoms with Gasteiger partial charge in [0, 0.05) is 19.2 Å². The first-order valence-corrected chi connectivity index (χ1v) is 12.8. The van der Waals surface area contributed by atoms with Crippen molar-refractivity contribution in [1.82, 2.24) is 4.98 Å². The van der Waals surface area contributed by atoms with Gasteiger partial charge in [-0.3, -0.25) is 4.79 Å². The number of hydrogen-bond donors (Lipinski definition) is 1. The zero-order chi connectivity index (χ0) is 27.2. The van der Waals surface area contributed by atoms with Gasteiger partial charge in [0.1, 0.15) is 17.6 Å². The molecule has 0 bridgehead atoms. The molecule has 0 amide bonds. The fourth-order valence-corrected chi connectivity index (χ4v) is 5.16. The van der Waals surface area contributed by atoms with Gasteiger partial charge in [-0.1, -0.05) is 13.0 Å². The summed E-state index contributed by atoms with van der Waals surface area (Å²) in [5.41, 5.74) is 3.55. The van der Waals surface area contributed by atoms with Gasteiger partial charge in [0.05, 0.1) is 30.9 Å². The Hall–Kier alpha value is -4.12. The molecule has 0 spiro atoms. The second-order valence-corrected chi connectivity index (χ2v) is 9.51. The van der Waals surface area contributed by atoms with Crippen molar-refractivity contribution in [1.29, 1.82) is 5.26 Å². The number of anilines is 1. The highest BCUT2D eigenvalue weighted by Crippen LogP contribution is 2.41. The van der Waals surface area contributed by atoms with Crippen molar-refractivity contribution >= 4 is 11.8 Å². The van der Waals surface area contributed by atoms with E-state index < -0.39 is 11.8 Å². The van der Waals surface area contributed by atoms with E-state index in [1.165, 1.54) is 6.07 Å². The van der Waals surface area contributed by atoms with Gasteiger partial charge >= 0.3 is 5.97 Å². The van der Waals surface area contributed by atoms with E-state index in [1.807, 2.05) is 31.2 Å². The number of halogens is 1. The summed E-state index contributed by atoms with van der Waals surface area (Å²) in [7, 11) is 3.34. The van der Waals surface area contributed by atoms with Crippen LogP contribution in [0.2, 0.25) is 0 Å². The largest absolute Gasteiger partial charge is 0.497 e. The van der Waals surface area contributed by atoms with Crippen LogP contribution in [0.1, 0.15) is 48.8 Å². The summed E-state index contributed by atoms with van der Waals surface area (Å²) in [6.07, 6.45) is 2.94. The maximum atomic E-state index is 14.8. The number of aromatic nitrogens is 1. The molecule has 0 fully saturated rings. The number of methoxy groups -OCH3 is 1. The molecule has 2 aromatic carbocycles. The number of rotatable bonds is 11. The summed E-state index contributed by atoms with van der Waals surface area (Å²) in [6.45, 7) is 2.86. The number of nitrogens with zero attached hydrogens (tertiary/aromatic N) is 3. The SMILES string of the molecule is CCC(C(=O)O)[C@@H]1CCc2cc(OCCCN(C)c3nc(-c4ccc(OC)cc4)c(C#N)cc3F)ccc21. The standard InChI is InChI=1S/C30H32FN3O4/c1-4-24(30(35)36)26-12-8-20-16-23(11-13-25(20)26)38-15-5-14-34(2)29-27(31)17-21(18-32)28(33-29)19-6-9-22(37-3)10-7-19/h6-7,9-11,13,16-17,24,26H,4-5,8,12,14-15H2,1-3H3,(H,35,36)/t24?,26-/m0/s1. The number of nitriles is 1. The van der Waals surface area contributed by atoms with Crippen molar-refractivity contribution in [3.8, 4) is 28.8 Å². The van der Waals surface area contributed by atoms with Crippen molar-refractivity contribution < 1.29 is 23.8 Å². The van der Waals surface area contributed by atoms with E-state index in [4.69, 9.17) is 9.47 Å². The summed E-state index contributed by atoms with van der Waals surface area (Å²) in [5, 5.41) is 19.1. The van der Waals surface area contributed by atoms with E-state index in [1.54, 1.807) is 43.3 Å². The van der Waals surface area contributed by atoms with Crippen LogP contribution in [0.4, 0.5) is 10.2 Å². The molecule has 8 heteroatoms. The van der Waals surface area contributed by atoms with Crippen molar-refractivity contribution in [2.75, 3.05) is 32.2 Å². The lowest BCUT2D eigenvalue weighted by molar-refractivity contribution is -0.142. The van der Waals surface area contributed by atoms with E-state index in [9.17, 15) is 19.6 Å². The van der Waals surface area contributed by atoms with Crippen LogP contribution in [-0.4, -0.2) is 43.4 Å². The molecule has 1 aliphatic rings.